The van der Waals surface area contributed by atoms with Crippen molar-refractivity contribution < 1.29 is 22.8 Å². The van der Waals surface area contributed by atoms with Gasteiger partial charge in [-0.1, -0.05) is 26.0 Å². The summed E-state index contributed by atoms with van der Waals surface area (Å²) in [6, 6.07) is 5.27. The van der Waals surface area contributed by atoms with Crippen molar-refractivity contribution >= 4 is 11.8 Å². The first kappa shape index (κ1) is 20.5. The van der Waals surface area contributed by atoms with Gasteiger partial charge in [0.25, 0.3) is 0 Å². The third-order valence-corrected chi connectivity index (χ3v) is 3.35. The van der Waals surface area contributed by atoms with Crippen molar-refractivity contribution in [3.8, 4) is 6.07 Å². The van der Waals surface area contributed by atoms with Crippen molar-refractivity contribution in [1.82, 2.24) is 10.6 Å². The van der Waals surface area contributed by atoms with Gasteiger partial charge in [-0.25, -0.2) is 0 Å². The van der Waals surface area contributed by atoms with Crippen molar-refractivity contribution in [1.29, 1.82) is 5.26 Å². The van der Waals surface area contributed by atoms with Crippen LogP contribution >= 0.6 is 0 Å². The minimum Gasteiger partial charge on any atom is -0.344 e. The van der Waals surface area contributed by atoms with Gasteiger partial charge in [0.15, 0.2) is 0 Å². The summed E-state index contributed by atoms with van der Waals surface area (Å²) in [7, 11) is 0. The lowest BCUT2D eigenvalue weighted by atomic mass is 10.0. The molecule has 0 bridgehead atoms. The summed E-state index contributed by atoms with van der Waals surface area (Å²) in [4.78, 5) is 24.1. The summed E-state index contributed by atoms with van der Waals surface area (Å²) in [5.41, 5.74) is -0.378. The zero-order valence-electron chi connectivity index (χ0n) is 14.0. The summed E-state index contributed by atoms with van der Waals surface area (Å²) in [5, 5.41) is 13.5. The Hall–Kier alpha value is -2.56. The molecule has 1 aromatic carbocycles. The molecule has 25 heavy (non-hydrogen) atoms. The van der Waals surface area contributed by atoms with Crippen molar-refractivity contribution in [3.05, 3.63) is 35.4 Å². The Balaban J connectivity index is 2.70. The van der Waals surface area contributed by atoms with Crippen LogP contribution in [0.25, 0.3) is 0 Å². The number of hydrogen-bond donors (Lipinski definition) is 2. The van der Waals surface area contributed by atoms with E-state index >= 15 is 0 Å². The molecule has 0 spiro atoms. The monoisotopic (exact) mass is 355 g/mol. The van der Waals surface area contributed by atoms with Crippen LogP contribution in [0, 0.1) is 17.2 Å². The highest BCUT2D eigenvalue weighted by Crippen LogP contribution is 2.29. The molecule has 1 rings (SSSR count). The second-order valence-corrected chi connectivity index (χ2v) is 6.00. The first-order valence-corrected chi connectivity index (χ1v) is 7.73. The fourth-order valence-corrected chi connectivity index (χ4v) is 2.20. The van der Waals surface area contributed by atoms with Crippen LogP contribution in [-0.2, 0) is 22.2 Å². The van der Waals surface area contributed by atoms with Crippen molar-refractivity contribution in [2.24, 2.45) is 5.92 Å². The third kappa shape index (κ3) is 7.25. The normalized spacial score (nSPS) is 12.4. The van der Waals surface area contributed by atoms with E-state index in [4.69, 9.17) is 5.26 Å². The number of hydrogen-bond acceptors (Lipinski definition) is 3. The number of nitriles is 1. The standard InChI is InChI=1S/C17H20F3N3O2/c1-11(2)9-14(16(25)22-8-7-21)23-15(24)10-12-3-5-13(6-4-12)17(18,19)20/h3-6,11,14H,8-10H2,1-2H3,(H,22,25)(H,23,24)/t14-/m0/s1. The van der Waals surface area contributed by atoms with Gasteiger partial charge in [0.2, 0.25) is 11.8 Å². The maximum absolute atomic E-state index is 12.5. The molecule has 136 valence electrons. The smallest absolute Gasteiger partial charge is 0.344 e. The number of rotatable bonds is 7. The number of carbonyl (C=O) groups excluding carboxylic acids is 2. The van der Waals surface area contributed by atoms with E-state index in [0.717, 1.165) is 12.1 Å². The molecule has 8 heteroatoms. The van der Waals surface area contributed by atoms with Gasteiger partial charge in [-0.3, -0.25) is 9.59 Å². The van der Waals surface area contributed by atoms with E-state index in [1.807, 2.05) is 13.8 Å². The molecule has 0 aliphatic rings. The van der Waals surface area contributed by atoms with Gasteiger partial charge in [0, 0.05) is 0 Å². The maximum Gasteiger partial charge on any atom is 0.416 e. The van der Waals surface area contributed by atoms with Crippen LogP contribution < -0.4 is 10.6 Å². The van der Waals surface area contributed by atoms with Crippen LogP contribution in [0.2, 0.25) is 0 Å². The van der Waals surface area contributed by atoms with E-state index < -0.39 is 29.6 Å². The Kier molecular flexibility index (Phi) is 7.43. The zero-order valence-corrected chi connectivity index (χ0v) is 14.0. The molecule has 1 atom stereocenters. The van der Waals surface area contributed by atoms with E-state index in [1.165, 1.54) is 12.1 Å². The lowest BCUT2D eigenvalue weighted by Crippen LogP contribution is -2.47. The van der Waals surface area contributed by atoms with Gasteiger partial charge in [-0.2, -0.15) is 18.4 Å². The lowest BCUT2D eigenvalue weighted by molar-refractivity contribution is -0.137. The molecule has 0 aliphatic heterocycles. The van der Waals surface area contributed by atoms with E-state index in [1.54, 1.807) is 6.07 Å². The second kappa shape index (κ2) is 9.06. The minimum atomic E-state index is -4.43. The molecule has 1 aromatic rings. The van der Waals surface area contributed by atoms with Gasteiger partial charge in [0.1, 0.15) is 12.6 Å². The Bertz CT molecular complexity index is 634. The number of alkyl halides is 3. The molecule has 2 N–H and O–H groups in total. The number of carbonyl (C=O) groups is 2. The van der Waals surface area contributed by atoms with Crippen LogP contribution in [-0.4, -0.2) is 24.4 Å². The molecule has 0 aromatic heterocycles. The highest BCUT2D eigenvalue weighted by molar-refractivity contribution is 5.88. The second-order valence-electron chi connectivity index (χ2n) is 6.00. The molecule has 0 unspecified atom stereocenters. The maximum atomic E-state index is 12.5. The van der Waals surface area contributed by atoms with Crippen LogP contribution in [0.5, 0.6) is 0 Å². The number of nitrogens with one attached hydrogen (secondary N) is 2. The predicted molar refractivity (Wildman–Crippen MR) is 85.2 cm³/mol. The molecule has 2 amide bonds. The molecular weight excluding hydrogens is 335 g/mol. The molecule has 0 fully saturated rings. The fraction of sp³-hybridized carbons (Fsp3) is 0.471. The SMILES string of the molecule is CC(C)C[C@H](NC(=O)Cc1ccc(C(F)(F)F)cc1)C(=O)NCC#N. The first-order valence-electron chi connectivity index (χ1n) is 7.73. The molecule has 0 aliphatic carbocycles. The van der Waals surface area contributed by atoms with E-state index in [-0.39, 0.29) is 18.9 Å². The van der Waals surface area contributed by atoms with Crippen molar-refractivity contribution in [2.45, 2.75) is 38.9 Å². The summed E-state index contributed by atoms with van der Waals surface area (Å²) in [6.07, 6.45) is -4.18. The van der Waals surface area contributed by atoms with Crippen LogP contribution in [0.3, 0.4) is 0 Å². The van der Waals surface area contributed by atoms with Crippen molar-refractivity contribution in [3.63, 3.8) is 0 Å². The van der Waals surface area contributed by atoms with Crippen molar-refractivity contribution in [2.75, 3.05) is 6.54 Å². The van der Waals surface area contributed by atoms with E-state index in [9.17, 15) is 22.8 Å². The Morgan fingerprint density at radius 2 is 1.80 bits per heavy atom. The molecule has 0 radical (unpaired) electrons. The highest BCUT2D eigenvalue weighted by atomic mass is 19.4. The van der Waals surface area contributed by atoms with Crippen LogP contribution in [0.15, 0.2) is 24.3 Å². The van der Waals surface area contributed by atoms with Crippen LogP contribution in [0.4, 0.5) is 13.2 Å². The quantitative estimate of drug-likeness (QED) is 0.737. The first-order chi connectivity index (χ1) is 11.6. The predicted octanol–water partition coefficient (Wildman–Crippen LogP) is 2.42. The van der Waals surface area contributed by atoms with Gasteiger partial charge in [-0.05, 0) is 30.0 Å². The molecule has 0 saturated heterocycles. The molecule has 0 saturated carbocycles. The average molecular weight is 355 g/mol. The number of nitrogens with zero attached hydrogens (tertiary/aromatic N) is 1. The highest BCUT2D eigenvalue weighted by Gasteiger charge is 2.30. The summed E-state index contributed by atoms with van der Waals surface area (Å²) in [6.45, 7) is 3.60. The topological polar surface area (TPSA) is 82.0 Å². The number of halogens is 3. The van der Waals surface area contributed by atoms with Gasteiger partial charge < -0.3 is 10.6 Å². The zero-order chi connectivity index (χ0) is 19.0. The fourth-order valence-electron chi connectivity index (χ4n) is 2.20. The third-order valence-electron chi connectivity index (χ3n) is 3.35. The van der Waals surface area contributed by atoms with E-state index in [0.29, 0.717) is 12.0 Å². The average Bonchev–Trinajstić information content (AvgIpc) is 2.51. The summed E-state index contributed by atoms with van der Waals surface area (Å²) >= 11 is 0. The summed E-state index contributed by atoms with van der Waals surface area (Å²) < 4.78 is 37.6. The van der Waals surface area contributed by atoms with Gasteiger partial charge in [-0.15, -0.1) is 0 Å². The molecule has 0 heterocycles. The van der Waals surface area contributed by atoms with E-state index in [2.05, 4.69) is 10.6 Å². The Labute approximate surface area is 144 Å². The van der Waals surface area contributed by atoms with Gasteiger partial charge in [0.05, 0.1) is 18.1 Å². The largest absolute Gasteiger partial charge is 0.416 e. The summed E-state index contributed by atoms with van der Waals surface area (Å²) in [5.74, 6) is -0.808. The number of amides is 2. The lowest BCUT2D eigenvalue weighted by Gasteiger charge is -2.19. The van der Waals surface area contributed by atoms with Gasteiger partial charge >= 0.3 is 6.18 Å². The Morgan fingerprint density at radius 3 is 2.28 bits per heavy atom. The Morgan fingerprint density at radius 1 is 1.20 bits per heavy atom. The molecule has 5 nitrogen and oxygen atoms in total. The number of benzene rings is 1. The van der Waals surface area contributed by atoms with Crippen LogP contribution in [0.1, 0.15) is 31.4 Å². The molecular formula is C17H20F3N3O2. The minimum absolute atomic E-state index is 0.129.